The summed E-state index contributed by atoms with van der Waals surface area (Å²) in [5, 5.41) is 9.17. The van der Waals surface area contributed by atoms with E-state index in [1.165, 1.54) is 6.92 Å². The van der Waals surface area contributed by atoms with E-state index in [4.69, 9.17) is 0 Å². The van der Waals surface area contributed by atoms with Crippen LogP contribution in [0.4, 0.5) is 0 Å². The molecule has 1 heterocycles. The van der Waals surface area contributed by atoms with E-state index in [1.807, 2.05) is 0 Å². The minimum absolute atomic E-state index is 0.0158. The quantitative estimate of drug-likeness (QED) is 0.671. The molecule has 0 spiro atoms. The van der Waals surface area contributed by atoms with E-state index in [9.17, 15) is 13.2 Å². The van der Waals surface area contributed by atoms with E-state index < -0.39 is 16.1 Å². The average Bonchev–Trinajstić information content (AvgIpc) is 2.81. The molecule has 0 saturated carbocycles. The van der Waals surface area contributed by atoms with Crippen LogP contribution in [0.3, 0.4) is 0 Å². The number of H-pyrrole nitrogens is 1. The molecule has 1 amide bonds. The van der Waals surface area contributed by atoms with Crippen molar-refractivity contribution in [2.75, 3.05) is 5.75 Å². The highest BCUT2D eigenvalue weighted by atomic mass is 32.2. The number of hydrogen-bond donors (Lipinski definition) is 3. The average molecular weight is 288 g/mol. The van der Waals surface area contributed by atoms with Crippen LogP contribution in [0.25, 0.3) is 0 Å². The number of carbonyl (C=O) groups is 1. The zero-order chi connectivity index (χ0) is 14.5. The van der Waals surface area contributed by atoms with Crippen LogP contribution in [0.1, 0.15) is 38.8 Å². The zero-order valence-electron chi connectivity index (χ0n) is 11.3. The van der Waals surface area contributed by atoms with Gasteiger partial charge in [-0.2, -0.15) is 5.10 Å². The molecule has 1 rings (SSSR count). The van der Waals surface area contributed by atoms with E-state index in [-0.39, 0.29) is 17.7 Å². The molecule has 8 heteroatoms. The molecular formula is C11H20N4O3S. The first-order valence-electron chi connectivity index (χ1n) is 6.14. The highest BCUT2D eigenvalue weighted by Gasteiger charge is 2.21. The first-order valence-corrected chi connectivity index (χ1v) is 7.80. The molecule has 1 aromatic rings. The van der Waals surface area contributed by atoms with Crippen molar-refractivity contribution < 1.29 is 13.2 Å². The molecule has 1 aromatic heterocycles. The monoisotopic (exact) mass is 288 g/mol. The summed E-state index contributed by atoms with van der Waals surface area (Å²) in [4.78, 5) is 11.9. The summed E-state index contributed by atoms with van der Waals surface area (Å²) in [6.45, 7) is 5.09. The number of rotatable bonds is 7. The van der Waals surface area contributed by atoms with Crippen molar-refractivity contribution in [2.24, 2.45) is 0 Å². The molecule has 0 aliphatic carbocycles. The minimum atomic E-state index is -3.39. The number of hydrogen-bond acceptors (Lipinski definition) is 4. The number of nitrogens with one attached hydrogen (secondary N) is 3. The van der Waals surface area contributed by atoms with Gasteiger partial charge in [0.25, 0.3) is 0 Å². The molecular weight excluding hydrogens is 268 g/mol. The van der Waals surface area contributed by atoms with Gasteiger partial charge in [0.15, 0.2) is 0 Å². The molecule has 0 saturated heterocycles. The zero-order valence-corrected chi connectivity index (χ0v) is 12.1. The van der Waals surface area contributed by atoms with Crippen LogP contribution in [0.5, 0.6) is 0 Å². The van der Waals surface area contributed by atoms with Crippen molar-refractivity contribution in [1.82, 2.24) is 20.2 Å². The van der Waals surface area contributed by atoms with Gasteiger partial charge in [-0.1, -0.05) is 6.92 Å². The summed E-state index contributed by atoms with van der Waals surface area (Å²) in [7, 11) is -3.39. The van der Waals surface area contributed by atoms with Crippen LogP contribution in [0.2, 0.25) is 0 Å². The van der Waals surface area contributed by atoms with E-state index in [1.54, 1.807) is 26.2 Å². The SMILES string of the molecule is CCCS(=O)(=O)NC(C)C(=O)NC(C)c1cn[nH]c1. The molecule has 7 nitrogen and oxygen atoms in total. The van der Waals surface area contributed by atoms with E-state index in [2.05, 4.69) is 20.2 Å². The Labute approximate surface area is 113 Å². The fraction of sp³-hybridized carbons (Fsp3) is 0.636. The largest absolute Gasteiger partial charge is 0.348 e. The Bertz CT molecular complexity index is 498. The summed E-state index contributed by atoms with van der Waals surface area (Å²) in [6.07, 6.45) is 3.79. The second-order valence-electron chi connectivity index (χ2n) is 4.42. The van der Waals surface area contributed by atoms with E-state index >= 15 is 0 Å². The maximum atomic E-state index is 11.9. The van der Waals surface area contributed by atoms with Crippen molar-refractivity contribution in [3.8, 4) is 0 Å². The van der Waals surface area contributed by atoms with E-state index in [0.717, 1.165) is 5.56 Å². The van der Waals surface area contributed by atoms with Crippen molar-refractivity contribution in [1.29, 1.82) is 0 Å². The first kappa shape index (κ1) is 15.6. The highest BCUT2D eigenvalue weighted by molar-refractivity contribution is 7.89. The van der Waals surface area contributed by atoms with Crippen LogP contribution in [0.15, 0.2) is 12.4 Å². The van der Waals surface area contributed by atoms with Gasteiger partial charge in [-0.3, -0.25) is 9.89 Å². The number of sulfonamides is 1. The molecule has 0 aliphatic heterocycles. The standard InChI is InChI=1S/C11H20N4O3S/c1-4-5-19(17,18)15-9(3)11(16)14-8(2)10-6-12-13-7-10/h6-9,15H,4-5H2,1-3H3,(H,12,13)(H,14,16). The van der Waals surface area contributed by atoms with Crippen molar-refractivity contribution in [2.45, 2.75) is 39.3 Å². The number of carbonyl (C=O) groups excluding carboxylic acids is 1. The van der Waals surface area contributed by atoms with Crippen molar-refractivity contribution in [3.05, 3.63) is 18.0 Å². The number of aromatic nitrogens is 2. The number of amides is 1. The lowest BCUT2D eigenvalue weighted by Crippen LogP contribution is -2.46. The third kappa shape index (κ3) is 4.99. The predicted octanol–water partition coefficient (Wildman–Crippen LogP) is 0.305. The molecule has 2 atom stereocenters. The predicted molar refractivity (Wildman–Crippen MR) is 71.8 cm³/mol. The second-order valence-corrected chi connectivity index (χ2v) is 6.29. The van der Waals surface area contributed by atoms with Gasteiger partial charge in [-0.25, -0.2) is 13.1 Å². The van der Waals surface area contributed by atoms with Crippen molar-refractivity contribution in [3.63, 3.8) is 0 Å². The van der Waals surface area contributed by atoms with Gasteiger partial charge in [0.1, 0.15) is 0 Å². The van der Waals surface area contributed by atoms with Gasteiger partial charge < -0.3 is 5.32 Å². The maximum Gasteiger partial charge on any atom is 0.238 e. The first-order chi connectivity index (χ1) is 8.85. The minimum Gasteiger partial charge on any atom is -0.348 e. The molecule has 3 N–H and O–H groups in total. The Morgan fingerprint density at radius 2 is 2.16 bits per heavy atom. The molecule has 0 fully saturated rings. The van der Waals surface area contributed by atoms with E-state index in [0.29, 0.717) is 6.42 Å². The molecule has 2 unspecified atom stereocenters. The molecule has 19 heavy (non-hydrogen) atoms. The van der Waals surface area contributed by atoms with Crippen LogP contribution < -0.4 is 10.0 Å². The highest BCUT2D eigenvalue weighted by Crippen LogP contribution is 2.09. The Kier molecular flexibility index (Phi) is 5.49. The topological polar surface area (TPSA) is 104 Å². The van der Waals surface area contributed by atoms with Crippen LogP contribution in [0, 0.1) is 0 Å². The maximum absolute atomic E-state index is 11.9. The third-order valence-electron chi connectivity index (χ3n) is 2.60. The Balaban J connectivity index is 2.54. The van der Waals surface area contributed by atoms with Gasteiger partial charge in [0, 0.05) is 11.8 Å². The Morgan fingerprint density at radius 3 is 2.68 bits per heavy atom. The van der Waals surface area contributed by atoms with Crippen molar-refractivity contribution >= 4 is 15.9 Å². The van der Waals surface area contributed by atoms with Crippen LogP contribution in [-0.4, -0.2) is 36.3 Å². The number of nitrogens with zero attached hydrogens (tertiary/aromatic N) is 1. The Morgan fingerprint density at radius 1 is 1.47 bits per heavy atom. The van der Waals surface area contributed by atoms with Gasteiger partial charge in [0.2, 0.25) is 15.9 Å². The lowest BCUT2D eigenvalue weighted by atomic mass is 10.2. The fourth-order valence-electron chi connectivity index (χ4n) is 1.57. The summed E-state index contributed by atoms with van der Waals surface area (Å²) in [5.41, 5.74) is 0.831. The summed E-state index contributed by atoms with van der Waals surface area (Å²) >= 11 is 0. The normalized spacial score (nSPS) is 14.9. The summed E-state index contributed by atoms with van der Waals surface area (Å²) in [5.74, 6) is -0.351. The van der Waals surface area contributed by atoms with Gasteiger partial charge in [-0.15, -0.1) is 0 Å². The van der Waals surface area contributed by atoms with Gasteiger partial charge in [0.05, 0.1) is 24.0 Å². The number of aromatic amines is 1. The van der Waals surface area contributed by atoms with Crippen LogP contribution in [-0.2, 0) is 14.8 Å². The molecule has 108 valence electrons. The fourth-order valence-corrected chi connectivity index (χ4v) is 2.87. The van der Waals surface area contributed by atoms with Gasteiger partial charge in [-0.05, 0) is 20.3 Å². The lowest BCUT2D eigenvalue weighted by Gasteiger charge is -2.17. The smallest absolute Gasteiger partial charge is 0.238 e. The third-order valence-corrected chi connectivity index (χ3v) is 4.26. The molecule has 0 radical (unpaired) electrons. The lowest BCUT2D eigenvalue weighted by molar-refractivity contribution is -0.123. The van der Waals surface area contributed by atoms with Crippen LogP contribution >= 0.6 is 0 Å². The summed E-state index contributed by atoms with van der Waals surface area (Å²) < 4.78 is 25.5. The Hall–Kier alpha value is -1.41. The molecule has 0 aliphatic rings. The second kappa shape index (κ2) is 6.67. The van der Waals surface area contributed by atoms with Gasteiger partial charge >= 0.3 is 0 Å². The molecule has 0 aromatic carbocycles. The summed E-state index contributed by atoms with van der Waals surface area (Å²) in [6, 6.07) is -1.03. The molecule has 0 bridgehead atoms.